The molecule has 57 heavy (non-hydrogen) atoms. The molecule has 0 aromatic carbocycles. The third-order valence-corrected chi connectivity index (χ3v) is 12.3. The molecule has 3 fully saturated rings. The molecule has 0 aromatic rings. The Morgan fingerprint density at radius 1 is 0.982 bits per heavy atom. The van der Waals surface area contributed by atoms with Gasteiger partial charge in [0, 0.05) is 52.0 Å². The van der Waals surface area contributed by atoms with Crippen LogP contribution in [0.4, 0.5) is 0 Å². The molecule has 14 atom stereocenters. The lowest BCUT2D eigenvalue weighted by Gasteiger charge is -2.41. The van der Waals surface area contributed by atoms with Crippen molar-refractivity contribution in [2.45, 2.75) is 160 Å². The molecule has 1 saturated carbocycles. The van der Waals surface area contributed by atoms with Crippen molar-refractivity contribution in [3.8, 4) is 0 Å². The van der Waals surface area contributed by atoms with Gasteiger partial charge >= 0.3 is 5.97 Å². The van der Waals surface area contributed by atoms with Gasteiger partial charge in [-0.05, 0) is 95.5 Å². The Balaban J connectivity index is 1.77. The van der Waals surface area contributed by atoms with Crippen LogP contribution in [0.3, 0.4) is 0 Å². The van der Waals surface area contributed by atoms with Gasteiger partial charge < -0.3 is 43.9 Å². The summed E-state index contributed by atoms with van der Waals surface area (Å²) < 4.78 is 29.1. The third kappa shape index (κ3) is 13.9. The first kappa shape index (κ1) is 48.6. The van der Waals surface area contributed by atoms with Crippen LogP contribution in [0.1, 0.15) is 105 Å². The van der Waals surface area contributed by atoms with Crippen molar-refractivity contribution in [1.29, 1.82) is 0 Å². The van der Waals surface area contributed by atoms with Gasteiger partial charge in [-0.15, -0.1) is 6.58 Å². The van der Waals surface area contributed by atoms with Gasteiger partial charge in [-0.2, -0.15) is 0 Å². The molecule has 324 valence electrons. The number of hydrogen-bond acceptors (Lipinski definition) is 12. The van der Waals surface area contributed by atoms with Crippen molar-refractivity contribution in [2.75, 3.05) is 27.9 Å². The highest BCUT2D eigenvalue weighted by molar-refractivity contribution is 6.24. The van der Waals surface area contributed by atoms with Gasteiger partial charge in [0.15, 0.2) is 6.29 Å². The molecule has 0 bridgehead atoms. The van der Waals surface area contributed by atoms with E-state index in [0.717, 1.165) is 5.57 Å². The summed E-state index contributed by atoms with van der Waals surface area (Å²) in [6.07, 6.45) is 6.68. The first-order valence-electron chi connectivity index (χ1n) is 20.8. The lowest BCUT2D eigenvalue weighted by Crippen LogP contribution is -2.51. The topological polar surface area (TPSA) is 178 Å². The maximum Gasteiger partial charge on any atom is 0.329 e. The Morgan fingerprint density at radius 2 is 1.68 bits per heavy atom. The van der Waals surface area contributed by atoms with E-state index in [1.165, 1.54) is 4.90 Å². The van der Waals surface area contributed by atoms with E-state index in [0.29, 0.717) is 69.8 Å². The van der Waals surface area contributed by atoms with E-state index in [9.17, 15) is 34.5 Å². The van der Waals surface area contributed by atoms with Crippen molar-refractivity contribution in [3.05, 3.63) is 36.0 Å². The Morgan fingerprint density at radius 3 is 2.32 bits per heavy atom. The predicted molar refractivity (Wildman–Crippen MR) is 215 cm³/mol. The number of Topliss-reactive ketones (excluding diaryl/α,β-unsaturated/α-hetero) is 1. The minimum atomic E-state index is -1.18. The van der Waals surface area contributed by atoms with Crippen molar-refractivity contribution in [3.63, 3.8) is 0 Å². The fraction of sp³-hybridized carbons (Fsp3) is 0.773. The average molecular weight is 806 g/mol. The summed E-state index contributed by atoms with van der Waals surface area (Å²) in [5, 5.41) is 32.4. The highest BCUT2D eigenvalue weighted by Crippen LogP contribution is 2.34. The van der Waals surface area contributed by atoms with Crippen LogP contribution in [-0.4, -0.2) is 127 Å². The molecule has 0 aromatic heterocycles. The summed E-state index contributed by atoms with van der Waals surface area (Å²) in [7, 11) is 4.83. The van der Waals surface area contributed by atoms with Gasteiger partial charge in [0.05, 0.1) is 30.5 Å². The molecule has 2 heterocycles. The number of ketones is 1. The molecule has 2 aliphatic heterocycles. The first-order valence-corrected chi connectivity index (χ1v) is 20.8. The van der Waals surface area contributed by atoms with Crippen LogP contribution in [0.2, 0.25) is 0 Å². The number of carbonyl (C=O) groups is 4. The van der Waals surface area contributed by atoms with E-state index in [1.807, 2.05) is 32.9 Å². The number of rotatable bonds is 21. The number of aliphatic hydroxyl groups is 3. The minimum absolute atomic E-state index is 0.0203. The van der Waals surface area contributed by atoms with Gasteiger partial charge in [-0.25, -0.2) is 4.79 Å². The van der Waals surface area contributed by atoms with E-state index in [1.54, 1.807) is 34.3 Å². The Hall–Kier alpha value is -2.78. The molecule has 3 N–H and O–H groups in total. The summed E-state index contributed by atoms with van der Waals surface area (Å²) in [4.78, 5) is 52.7. The maximum absolute atomic E-state index is 13.9. The highest BCUT2D eigenvalue weighted by Gasteiger charge is 2.41. The highest BCUT2D eigenvalue weighted by atomic mass is 16.6. The second-order valence-corrected chi connectivity index (χ2v) is 16.9. The number of methoxy groups -OCH3 is 3. The first-order chi connectivity index (χ1) is 27.1. The number of amides is 1. The zero-order valence-electron chi connectivity index (χ0n) is 35.5. The van der Waals surface area contributed by atoms with E-state index in [-0.39, 0.29) is 61.1 Å². The molecular weight excluding hydrogens is 734 g/mol. The molecule has 13 heteroatoms. The van der Waals surface area contributed by atoms with Gasteiger partial charge in [-0.3, -0.25) is 14.4 Å². The normalized spacial score (nSPS) is 30.7. The number of carbonyl (C=O) groups excluding carboxylic acids is 4. The second kappa shape index (κ2) is 23.7. The average Bonchev–Trinajstić information content (AvgIpc) is 3.19. The van der Waals surface area contributed by atoms with E-state index >= 15 is 0 Å². The number of ether oxygens (including phenoxy) is 5. The van der Waals surface area contributed by atoms with Crippen LogP contribution in [0, 0.1) is 29.6 Å². The van der Waals surface area contributed by atoms with E-state index in [2.05, 4.69) is 13.5 Å². The smallest absolute Gasteiger partial charge is 0.329 e. The maximum atomic E-state index is 13.9. The van der Waals surface area contributed by atoms with Crippen LogP contribution in [0.15, 0.2) is 36.0 Å². The molecule has 1 aliphatic carbocycles. The standard InChI is InChI=1S/C44H71NO12/c1-10-13-32(19-26(2)18-27(3)20-38(54-8)42-39(55-9)22-29(5)43(51)57-42)36(49)24-35(48)30(6)41(28(4)21-31-15-16-34(47)37(23-31)53-7)56-44(52)33-14-11-12-17-45(33)40(50)25-46/h10,19,21,25,27,29-35,37-39,41-43,47-48,51H,1,11-18,20,22-24H2,2-9H3/b26-19+,28-21+/t27-,29+,30+,31-,32?,33-,34+,35-,37+,38-,39-,41+,42+,43-/m0/s1. The van der Waals surface area contributed by atoms with Crippen molar-refractivity contribution in [1.82, 2.24) is 4.90 Å². The van der Waals surface area contributed by atoms with Crippen LogP contribution < -0.4 is 0 Å². The summed E-state index contributed by atoms with van der Waals surface area (Å²) in [6, 6.07) is -0.932. The molecular formula is C44H71NO12. The van der Waals surface area contributed by atoms with Crippen molar-refractivity contribution >= 4 is 23.9 Å². The molecule has 3 aliphatic rings. The number of aldehydes is 1. The number of aliphatic hydroxyl groups excluding tert-OH is 3. The number of allylic oxidation sites excluding steroid dienone is 4. The lowest BCUT2D eigenvalue weighted by atomic mass is 9.81. The van der Waals surface area contributed by atoms with Gasteiger partial charge in [0.1, 0.15) is 24.0 Å². The van der Waals surface area contributed by atoms with Gasteiger partial charge in [-0.1, -0.05) is 44.6 Å². The predicted octanol–water partition coefficient (Wildman–Crippen LogP) is 4.89. The number of nitrogens with zero attached hydrogens (tertiary/aromatic N) is 1. The third-order valence-electron chi connectivity index (χ3n) is 12.3. The number of piperidine rings is 1. The van der Waals surface area contributed by atoms with Crippen molar-refractivity contribution in [2.24, 2.45) is 29.6 Å². The van der Waals surface area contributed by atoms with Crippen molar-refractivity contribution < 1.29 is 58.2 Å². The molecule has 3 rings (SSSR count). The van der Waals surface area contributed by atoms with Crippen LogP contribution >= 0.6 is 0 Å². The molecule has 0 spiro atoms. The van der Waals surface area contributed by atoms with Crippen LogP contribution in [-0.2, 0) is 42.9 Å². The largest absolute Gasteiger partial charge is 0.456 e. The Bertz CT molecular complexity index is 1380. The lowest BCUT2D eigenvalue weighted by molar-refractivity contribution is -0.254. The molecule has 0 radical (unpaired) electrons. The van der Waals surface area contributed by atoms with Crippen LogP contribution in [0.5, 0.6) is 0 Å². The number of hydrogen-bond donors (Lipinski definition) is 3. The minimum Gasteiger partial charge on any atom is -0.456 e. The summed E-state index contributed by atoms with van der Waals surface area (Å²) in [6.45, 7) is 13.7. The van der Waals surface area contributed by atoms with Gasteiger partial charge in [0.25, 0.3) is 5.91 Å². The fourth-order valence-corrected chi connectivity index (χ4v) is 8.92. The number of esters is 1. The molecule has 1 amide bonds. The monoisotopic (exact) mass is 805 g/mol. The van der Waals surface area contributed by atoms with E-state index in [4.69, 9.17) is 23.7 Å². The Kier molecular flexibility index (Phi) is 20.2. The zero-order chi connectivity index (χ0) is 42.4. The molecule has 2 saturated heterocycles. The molecule has 1 unspecified atom stereocenters. The number of likely N-dealkylation sites (tertiary alicyclic amines) is 1. The molecule has 13 nitrogen and oxygen atoms in total. The van der Waals surface area contributed by atoms with E-state index < -0.39 is 60.5 Å². The fourth-order valence-electron chi connectivity index (χ4n) is 8.92. The summed E-state index contributed by atoms with van der Waals surface area (Å²) in [5.74, 6) is -2.74. The van der Waals surface area contributed by atoms with Gasteiger partial charge in [0.2, 0.25) is 6.29 Å². The van der Waals surface area contributed by atoms with Crippen LogP contribution in [0.25, 0.3) is 0 Å². The SMILES string of the molecule is C=CCC(/C=C(\C)C[C@H](C)C[C@H](OC)[C@H]1O[C@H](O)[C@H](C)C[C@@H]1OC)C(=O)C[C@H](O)[C@@H](C)[C@H](OC(=O)[C@@H]1CCCCN1C(=O)C=O)/C(C)=C/[C@@H]1CC[C@@H](O)[C@H](OC)C1. The second-order valence-electron chi connectivity index (χ2n) is 16.9. The Labute approximate surface area is 340 Å². The summed E-state index contributed by atoms with van der Waals surface area (Å²) >= 11 is 0. The summed E-state index contributed by atoms with van der Waals surface area (Å²) in [5.41, 5.74) is 1.69. The zero-order valence-corrected chi connectivity index (χ0v) is 35.5. The quantitative estimate of drug-likeness (QED) is 0.0621.